The van der Waals surface area contributed by atoms with Gasteiger partial charge in [0.05, 0.1) is 11.0 Å². The molecule has 0 spiro atoms. The van der Waals surface area contributed by atoms with Crippen LogP contribution in [0.5, 0.6) is 17.2 Å². The van der Waals surface area contributed by atoms with E-state index in [0.29, 0.717) is 12.0 Å². The third-order valence-corrected chi connectivity index (χ3v) is 8.20. The number of methoxy groups -OCH3 is 1. The molecule has 1 amide bonds. The summed E-state index contributed by atoms with van der Waals surface area (Å²) in [7, 11) is 1.39. The van der Waals surface area contributed by atoms with Crippen molar-refractivity contribution in [3.8, 4) is 17.2 Å². The van der Waals surface area contributed by atoms with Crippen molar-refractivity contribution in [3.63, 3.8) is 0 Å². The molecule has 0 radical (unpaired) electrons. The minimum atomic E-state index is -1.56. The number of aromatic amines is 1. The van der Waals surface area contributed by atoms with Crippen LogP contribution in [0.2, 0.25) is 5.02 Å². The van der Waals surface area contributed by atoms with E-state index in [-0.39, 0.29) is 38.7 Å². The molecular weight excluding hydrogens is 648 g/mol. The smallest absolute Gasteiger partial charge is 0.364 e. The topological polar surface area (TPSA) is 190 Å². The van der Waals surface area contributed by atoms with E-state index < -0.39 is 59.1 Å². The summed E-state index contributed by atoms with van der Waals surface area (Å²) in [4.78, 5) is 41.6. The fourth-order valence-electron chi connectivity index (χ4n) is 5.37. The van der Waals surface area contributed by atoms with Crippen LogP contribution in [-0.4, -0.2) is 69.5 Å². The maximum Gasteiger partial charge on any atom is 0.364 e. The summed E-state index contributed by atoms with van der Waals surface area (Å²) < 4.78 is 28.5. The van der Waals surface area contributed by atoms with Crippen LogP contribution in [0.25, 0.3) is 11.0 Å². The molecule has 14 heteroatoms. The monoisotopic (exact) mass is 682 g/mol. The third kappa shape index (κ3) is 6.90. The normalized spacial score (nSPS) is 20.2. The van der Waals surface area contributed by atoms with Crippen molar-refractivity contribution in [1.82, 2.24) is 4.98 Å². The molecule has 3 heterocycles. The minimum absolute atomic E-state index is 0.00566. The van der Waals surface area contributed by atoms with Gasteiger partial charge in [0.15, 0.2) is 29.2 Å². The molecule has 1 aliphatic heterocycles. The van der Waals surface area contributed by atoms with Crippen LogP contribution in [0.1, 0.15) is 54.1 Å². The number of fused-ring (bicyclic) bond motifs is 1. The third-order valence-electron chi connectivity index (χ3n) is 7.84. The Balaban J connectivity index is 1.40. The number of hydrogen-bond acceptors (Lipinski definition) is 11. The predicted octanol–water partition coefficient (Wildman–Crippen LogP) is 5.06. The number of esters is 1. The predicted molar refractivity (Wildman–Crippen MR) is 175 cm³/mol. The Morgan fingerprint density at radius 3 is 2.56 bits per heavy atom. The number of benzene rings is 2. The number of ether oxygens (including phenoxy) is 4. The molecule has 1 saturated heterocycles. The van der Waals surface area contributed by atoms with Crippen LogP contribution in [0.3, 0.4) is 0 Å². The Morgan fingerprint density at radius 2 is 1.90 bits per heavy atom. The van der Waals surface area contributed by atoms with Gasteiger partial charge in [-0.2, -0.15) is 0 Å². The molecule has 4 aromatic rings. The van der Waals surface area contributed by atoms with Gasteiger partial charge in [-0.1, -0.05) is 23.3 Å². The maximum atomic E-state index is 13.1. The van der Waals surface area contributed by atoms with Gasteiger partial charge in [0.1, 0.15) is 28.3 Å². The Labute approximate surface area is 279 Å². The van der Waals surface area contributed by atoms with E-state index in [1.807, 2.05) is 19.9 Å². The van der Waals surface area contributed by atoms with Crippen LogP contribution in [-0.2, 0) is 20.6 Å². The number of allylic oxidation sites excluding steroid dienone is 2. The number of nitrogens with one attached hydrogen (secondary N) is 2. The first-order chi connectivity index (χ1) is 22.7. The van der Waals surface area contributed by atoms with Crippen LogP contribution in [0.4, 0.5) is 5.69 Å². The van der Waals surface area contributed by atoms with E-state index in [0.717, 1.165) is 5.57 Å². The average Bonchev–Trinajstić information content (AvgIpc) is 3.58. The van der Waals surface area contributed by atoms with Gasteiger partial charge in [-0.05, 0) is 82.1 Å². The van der Waals surface area contributed by atoms with Crippen molar-refractivity contribution in [1.29, 1.82) is 0 Å². The highest BCUT2D eigenvalue weighted by Gasteiger charge is 2.53. The molecule has 5 rings (SSSR count). The Kier molecular flexibility index (Phi) is 9.87. The number of carbonyl (C=O) groups is 2. The summed E-state index contributed by atoms with van der Waals surface area (Å²) in [5, 5.41) is 34.5. The summed E-state index contributed by atoms with van der Waals surface area (Å²) in [5.74, 6) is -2.16. The highest BCUT2D eigenvalue weighted by molar-refractivity contribution is 6.36. The number of H-pyrrole nitrogens is 1. The van der Waals surface area contributed by atoms with Crippen molar-refractivity contribution in [2.24, 2.45) is 0 Å². The van der Waals surface area contributed by atoms with Gasteiger partial charge in [0.25, 0.3) is 5.91 Å². The van der Waals surface area contributed by atoms with Gasteiger partial charge in [-0.15, -0.1) is 0 Å². The van der Waals surface area contributed by atoms with E-state index in [4.69, 9.17) is 35.0 Å². The highest BCUT2D eigenvalue weighted by Crippen LogP contribution is 2.41. The molecule has 2 aromatic carbocycles. The lowest BCUT2D eigenvalue weighted by Gasteiger charge is -2.47. The fourth-order valence-corrected chi connectivity index (χ4v) is 5.62. The van der Waals surface area contributed by atoms with Crippen molar-refractivity contribution in [2.45, 2.75) is 64.3 Å². The summed E-state index contributed by atoms with van der Waals surface area (Å²) in [6.45, 7) is 7.14. The average molecular weight is 683 g/mol. The van der Waals surface area contributed by atoms with Gasteiger partial charge < -0.3 is 49.0 Å². The molecule has 5 N–H and O–H groups in total. The Hall–Kier alpha value is -4.82. The number of hydrogen-bond donors (Lipinski definition) is 5. The fraction of sp³-hybridized carbons (Fsp3) is 0.324. The molecule has 2 aromatic heterocycles. The first-order valence-electron chi connectivity index (χ1n) is 14.9. The molecule has 13 nitrogen and oxygen atoms in total. The first-order valence-corrected chi connectivity index (χ1v) is 15.2. The zero-order valence-corrected chi connectivity index (χ0v) is 27.5. The number of aromatic nitrogens is 1. The second-order valence-corrected chi connectivity index (χ2v) is 12.3. The first kappa shape index (κ1) is 34.5. The zero-order valence-electron chi connectivity index (χ0n) is 26.7. The van der Waals surface area contributed by atoms with Gasteiger partial charge in [0.2, 0.25) is 6.29 Å². The van der Waals surface area contributed by atoms with Crippen molar-refractivity contribution < 1.29 is 48.3 Å². The number of anilines is 1. The van der Waals surface area contributed by atoms with Crippen LogP contribution in [0.15, 0.2) is 69.5 Å². The molecule has 0 saturated carbocycles. The molecule has 1 aliphatic rings. The molecule has 0 bridgehead atoms. The molecule has 4 unspecified atom stereocenters. The number of phenols is 1. The van der Waals surface area contributed by atoms with Crippen LogP contribution in [0, 0.1) is 0 Å². The summed E-state index contributed by atoms with van der Waals surface area (Å²) in [6, 6.07) is 10.0. The van der Waals surface area contributed by atoms with Crippen LogP contribution >= 0.6 is 11.6 Å². The Bertz CT molecular complexity index is 1930. The number of aliphatic hydroxyl groups excluding tert-OH is 1. The summed E-state index contributed by atoms with van der Waals surface area (Å²) >= 11 is 6.57. The molecule has 48 heavy (non-hydrogen) atoms. The number of aromatic hydroxyl groups is 2. The van der Waals surface area contributed by atoms with Gasteiger partial charge in [0, 0.05) is 18.9 Å². The number of aliphatic hydroxyl groups is 1. The molecule has 1 fully saturated rings. The molecule has 0 aliphatic carbocycles. The lowest BCUT2D eigenvalue weighted by atomic mass is 9.89. The van der Waals surface area contributed by atoms with E-state index in [1.54, 1.807) is 26.1 Å². The Morgan fingerprint density at radius 1 is 1.15 bits per heavy atom. The quantitative estimate of drug-likeness (QED) is 0.0901. The van der Waals surface area contributed by atoms with E-state index >= 15 is 0 Å². The molecule has 4 atom stereocenters. The van der Waals surface area contributed by atoms with Crippen molar-refractivity contribution >= 4 is 40.1 Å². The number of rotatable bonds is 9. The number of halogens is 1. The number of phenolic OH excluding ortho intramolecular Hbond substituents is 1. The highest BCUT2D eigenvalue weighted by atomic mass is 35.5. The minimum Gasteiger partial charge on any atom is -0.508 e. The summed E-state index contributed by atoms with van der Waals surface area (Å²) in [6.07, 6.45) is -1.31. The second kappa shape index (κ2) is 13.7. The molecular formula is C34H35ClN2O11. The maximum absolute atomic E-state index is 13.1. The zero-order chi connectivity index (χ0) is 34.9. The largest absolute Gasteiger partial charge is 0.508 e. The second-order valence-electron chi connectivity index (χ2n) is 12.0. The van der Waals surface area contributed by atoms with E-state index in [2.05, 4.69) is 10.3 Å². The van der Waals surface area contributed by atoms with Gasteiger partial charge in [-0.25, -0.2) is 9.59 Å². The standard InChI is InChI=1S/C34H35ClN2O11/c1-16(2)8-9-17-15-18(10-12-21(17)38)30(41)37-24-25(39)19-11-13-22(23(35)27(19)46-32(24)43)45-33-26(40)28(29(44-5)34(3,4)48-33)47-31(42)20-7-6-14-36-20/h6-8,10-15,26,28-29,33,36,38-40H,9H2,1-5H3,(H,37,41). The van der Waals surface area contributed by atoms with Crippen molar-refractivity contribution in [2.75, 3.05) is 12.4 Å². The van der Waals surface area contributed by atoms with Gasteiger partial charge >= 0.3 is 11.6 Å². The number of amides is 1. The van der Waals surface area contributed by atoms with Crippen molar-refractivity contribution in [3.05, 3.63) is 92.6 Å². The lowest BCUT2D eigenvalue weighted by molar-refractivity contribution is -0.305. The SMILES string of the molecule is COC1C(OC(=O)c2ccc[nH]2)C(O)C(Oc2ccc3c(O)c(NC(=O)c4ccc(O)c(CC=C(C)C)c4)c(=O)oc3c2Cl)OC1(C)C. The van der Waals surface area contributed by atoms with Crippen LogP contribution < -0.4 is 15.7 Å². The van der Waals surface area contributed by atoms with E-state index in [9.17, 15) is 29.7 Å². The summed E-state index contributed by atoms with van der Waals surface area (Å²) in [5.41, 5.74) is -1.22. The number of carbonyl (C=O) groups excluding carboxylic acids is 2. The van der Waals surface area contributed by atoms with E-state index in [1.165, 1.54) is 43.5 Å². The van der Waals surface area contributed by atoms with Gasteiger partial charge in [-0.3, -0.25) is 4.79 Å². The lowest BCUT2D eigenvalue weighted by Crippen LogP contribution is -2.65. The molecule has 254 valence electrons.